The molecule has 0 unspecified atom stereocenters. The average molecular weight is 290 g/mol. The molecule has 112 valence electrons. The third-order valence-electron chi connectivity index (χ3n) is 3.07. The van der Waals surface area contributed by atoms with Crippen molar-refractivity contribution in [2.24, 2.45) is 0 Å². The Bertz CT molecular complexity index is 652. The molecule has 1 aromatic carbocycles. The fourth-order valence-electron chi connectivity index (χ4n) is 1.87. The van der Waals surface area contributed by atoms with Crippen molar-refractivity contribution in [3.05, 3.63) is 29.5 Å². The zero-order chi connectivity index (χ0) is 15.4. The largest absolute Gasteiger partial charge is 0.497 e. The van der Waals surface area contributed by atoms with Crippen molar-refractivity contribution in [3.63, 3.8) is 0 Å². The van der Waals surface area contributed by atoms with Gasteiger partial charge in [0.2, 0.25) is 0 Å². The van der Waals surface area contributed by atoms with Crippen LogP contribution in [0.1, 0.15) is 23.0 Å². The molecule has 1 heterocycles. The number of amides is 1. The Balaban J connectivity index is 2.29. The van der Waals surface area contributed by atoms with Crippen LogP contribution in [0.15, 0.2) is 18.2 Å². The number of aromatic nitrogens is 2. The van der Waals surface area contributed by atoms with Crippen LogP contribution in [0.4, 0.5) is 11.5 Å². The van der Waals surface area contributed by atoms with E-state index in [1.165, 1.54) is 14.2 Å². The van der Waals surface area contributed by atoms with Crippen molar-refractivity contribution in [1.82, 2.24) is 10.2 Å². The zero-order valence-electron chi connectivity index (χ0n) is 12.2. The van der Waals surface area contributed by atoms with Gasteiger partial charge in [0.25, 0.3) is 5.91 Å². The van der Waals surface area contributed by atoms with Gasteiger partial charge in [-0.3, -0.25) is 9.89 Å². The number of aryl methyl sites for hydroxylation is 1. The first-order valence-electron chi connectivity index (χ1n) is 6.46. The predicted molar refractivity (Wildman–Crippen MR) is 79.9 cm³/mol. The van der Waals surface area contributed by atoms with Gasteiger partial charge in [-0.05, 0) is 12.5 Å². The minimum atomic E-state index is -0.376. The van der Waals surface area contributed by atoms with Gasteiger partial charge in [0, 0.05) is 17.8 Å². The van der Waals surface area contributed by atoms with Crippen LogP contribution >= 0.6 is 0 Å². The number of nitrogens with zero attached hydrogens (tertiary/aromatic N) is 1. The number of anilines is 2. The van der Waals surface area contributed by atoms with Gasteiger partial charge in [0.1, 0.15) is 11.5 Å². The number of benzene rings is 1. The Morgan fingerprint density at radius 2 is 2.10 bits per heavy atom. The highest BCUT2D eigenvalue weighted by molar-refractivity contribution is 6.08. The molecule has 0 fully saturated rings. The molecule has 0 spiro atoms. The Morgan fingerprint density at radius 3 is 2.67 bits per heavy atom. The van der Waals surface area contributed by atoms with E-state index < -0.39 is 0 Å². The minimum Gasteiger partial charge on any atom is -0.497 e. The van der Waals surface area contributed by atoms with E-state index >= 15 is 0 Å². The lowest BCUT2D eigenvalue weighted by molar-refractivity contribution is 0.102. The number of ether oxygens (including phenoxy) is 2. The summed E-state index contributed by atoms with van der Waals surface area (Å²) >= 11 is 0. The Hall–Kier alpha value is -2.70. The molecular formula is C14H18N4O3. The first-order valence-corrected chi connectivity index (χ1v) is 6.46. The summed E-state index contributed by atoms with van der Waals surface area (Å²) in [7, 11) is 2.99. The SMILES string of the molecule is CCc1cc(NC(=O)c2cc(OC)cc(OC)c2N)n[nH]1. The van der Waals surface area contributed by atoms with Crippen molar-refractivity contribution >= 4 is 17.4 Å². The summed E-state index contributed by atoms with van der Waals surface area (Å²) in [5, 5.41) is 9.52. The Labute approximate surface area is 122 Å². The molecule has 2 rings (SSSR count). The van der Waals surface area contributed by atoms with E-state index in [0.717, 1.165) is 12.1 Å². The highest BCUT2D eigenvalue weighted by Gasteiger charge is 2.17. The van der Waals surface area contributed by atoms with Crippen molar-refractivity contribution in [2.45, 2.75) is 13.3 Å². The maximum Gasteiger partial charge on any atom is 0.259 e. The molecule has 1 amide bonds. The maximum absolute atomic E-state index is 12.3. The summed E-state index contributed by atoms with van der Waals surface area (Å²) < 4.78 is 10.3. The second kappa shape index (κ2) is 6.17. The van der Waals surface area contributed by atoms with Crippen LogP contribution in [0.25, 0.3) is 0 Å². The lowest BCUT2D eigenvalue weighted by Gasteiger charge is -2.12. The van der Waals surface area contributed by atoms with Crippen LogP contribution in [0.3, 0.4) is 0 Å². The molecule has 21 heavy (non-hydrogen) atoms. The van der Waals surface area contributed by atoms with Gasteiger partial charge in [-0.25, -0.2) is 0 Å². The monoisotopic (exact) mass is 290 g/mol. The number of aromatic amines is 1. The number of carbonyl (C=O) groups excluding carboxylic acids is 1. The van der Waals surface area contributed by atoms with E-state index in [1.807, 2.05) is 6.92 Å². The van der Waals surface area contributed by atoms with Crippen molar-refractivity contribution in [2.75, 3.05) is 25.3 Å². The van der Waals surface area contributed by atoms with Gasteiger partial charge < -0.3 is 20.5 Å². The van der Waals surface area contributed by atoms with E-state index in [0.29, 0.717) is 17.3 Å². The lowest BCUT2D eigenvalue weighted by atomic mass is 10.1. The summed E-state index contributed by atoms with van der Waals surface area (Å²) in [4.78, 5) is 12.3. The highest BCUT2D eigenvalue weighted by atomic mass is 16.5. The Kier molecular flexibility index (Phi) is 4.32. The third-order valence-corrected chi connectivity index (χ3v) is 3.07. The van der Waals surface area contributed by atoms with Crippen molar-refractivity contribution < 1.29 is 14.3 Å². The normalized spacial score (nSPS) is 10.2. The number of methoxy groups -OCH3 is 2. The van der Waals surface area contributed by atoms with Crippen molar-refractivity contribution in [3.8, 4) is 11.5 Å². The van der Waals surface area contributed by atoms with Gasteiger partial charge in [-0.2, -0.15) is 5.10 Å². The number of hydrogen-bond acceptors (Lipinski definition) is 5. The molecule has 0 aliphatic rings. The van der Waals surface area contributed by atoms with Gasteiger partial charge >= 0.3 is 0 Å². The summed E-state index contributed by atoms with van der Waals surface area (Å²) in [6.45, 7) is 1.99. The molecule has 1 aromatic heterocycles. The minimum absolute atomic E-state index is 0.252. The topological polar surface area (TPSA) is 102 Å². The molecule has 0 saturated carbocycles. The molecule has 0 aliphatic carbocycles. The molecule has 2 aromatic rings. The van der Waals surface area contributed by atoms with E-state index in [4.69, 9.17) is 15.2 Å². The molecule has 0 radical (unpaired) electrons. The maximum atomic E-state index is 12.3. The molecule has 0 saturated heterocycles. The standard InChI is InChI=1S/C14H18N4O3/c1-4-8-5-12(18-17-8)16-14(19)10-6-9(20-2)7-11(21-3)13(10)15/h5-7H,4,15H2,1-3H3,(H2,16,17,18,19). The zero-order valence-corrected chi connectivity index (χ0v) is 12.2. The molecule has 0 atom stereocenters. The predicted octanol–water partition coefficient (Wildman–Crippen LogP) is 1.82. The molecule has 0 aliphatic heterocycles. The number of H-pyrrole nitrogens is 1. The first kappa shape index (κ1) is 14.7. The quantitative estimate of drug-likeness (QED) is 0.729. The fourth-order valence-corrected chi connectivity index (χ4v) is 1.87. The van der Waals surface area contributed by atoms with E-state index in [1.54, 1.807) is 18.2 Å². The van der Waals surface area contributed by atoms with E-state index in [-0.39, 0.29) is 17.2 Å². The number of carbonyl (C=O) groups is 1. The summed E-state index contributed by atoms with van der Waals surface area (Å²) in [6, 6.07) is 4.95. The van der Waals surface area contributed by atoms with Crippen LogP contribution in [0.2, 0.25) is 0 Å². The third kappa shape index (κ3) is 3.07. The van der Waals surface area contributed by atoms with Crippen LogP contribution in [0.5, 0.6) is 11.5 Å². The van der Waals surface area contributed by atoms with Crippen molar-refractivity contribution in [1.29, 1.82) is 0 Å². The highest BCUT2D eigenvalue weighted by Crippen LogP contribution is 2.31. The van der Waals surface area contributed by atoms with Crippen LogP contribution in [-0.2, 0) is 6.42 Å². The number of nitrogen functional groups attached to an aromatic ring is 1. The van der Waals surface area contributed by atoms with Gasteiger partial charge in [0.05, 0.1) is 25.5 Å². The molecule has 0 bridgehead atoms. The second-order valence-corrected chi connectivity index (χ2v) is 4.38. The molecular weight excluding hydrogens is 272 g/mol. The van der Waals surface area contributed by atoms with Gasteiger partial charge in [0.15, 0.2) is 5.82 Å². The molecule has 4 N–H and O–H groups in total. The van der Waals surface area contributed by atoms with Crippen LogP contribution in [0, 0.1) is 0 Å². The fraction of sp³-hybridized carbons (Fsp3) is 0.286. The van der Waals surface area contributed by atoms with E-state index in [2.05, 4.69) is 15.5 Å². The van der Waals surface area contributed by atoms with E-state index in [9.17, 15) is 4.79 Å². The number of nitrogens with two attached hydrogens (primary N) is 1. The Morgan fingerprint density at radius 1 is 1.33 bits per heavy atom. The smallest absolute Gasteiger partial charge is 0.259 e. The average Bonchev–Trinajstić information content (AvgIpc) is 2.95. The molecule has 7 heteroatoms. The second-order valence-electron chi connectivity index (χ2n) is 4.38. The van der Waals surface area contributed by atoms with Gasteiger partial charge in [-0.15, -0.1) is 0 Å². The van der Waals surface area contributed by atoms with Gasteiger partial charge in [-0.1, -0.05) is 6.92 Å². The number of rotatable bonds is 5. The van der Waals surface area contributed by atoms with Crippen LogP contribution < -0.4 is 20.5 Å². The number of nitrogens with one attached hydrogen (secondary N) is 2. The summed E-state index contributed by atoms with van der Waals surface area (Å²) in [5.41, 5.74) is 7.39. The first-order chi connectivity index (χ1) is 10.1. The summed E-state index contributed by atoms with van der Waals surface area (Å²) in [5.74, 6) is 0.940. The molecule has 7 nitrogen and oxygen atoms in total. The summed E-state index contributed by atoms with van der Waals surface area (Å²) in [6.07, 6.45) is 0.804. The van der Waals surface area contributed by atoms with Crippen LogP contribution in [-0.4, -0.2) is 30.3 Å². The number of hydrogen-bond donors (Lipinski definition) is 3. The lowest BCUT2D eigenvalue weighted by Crippen LogP contribution is -2.15.